The largest absolute Gasteiger partial charge is 0.411 e. The summed E-state index contributed by atoms with van der Waals surface area (Å²) in [6.07, 6.45) is -3.66. The van der Waals surface area contributed by atoms with Crippen molar-refractivity contribution in [2.24, 2.45) is 0 Å². The van der Waals surface area contributed by atoms with Crippen molar-refractivity contribution in [1.82, 2.24) is 5.32 Å². The number of para-hydroxylation sites is 1. The first-order chi connectivity index (χ1) is 9.96. The van der Waals surface area contributed by atoms with Crippen LogP contribution < -0.4 is 10.2 Å². The molecule has 0 saturated carbocycles. The third-order valence-electron chi connectivity index (χ3n) is 3.45. The Hall–Kier alpha value is -1.27. The average Bonchev–Trinajstić information content (AvgIpc) is 2.57. The molecule has 118 valence electrons. The summed E-state index contributed by atoms with van der Waals surface area (Å²) in [6, 6.07) is 8.47. The zero-order valence-corrected chi connectivity index (χ0v) is 12.1. The second-order valence-electron chi connectivity index (χ2n) is 5.38. The number of hydrogen-bond acceptors (Lipinski definition) is 3. The molecule has 6 heteroatoms. The summed E-state index contributed by atoms with van der Waals surface area (Å²) < 4.78 is 40.7. The van der Waals surface area contributed by atoms with Crippen molar-refractivity contribution in [2.75, 3.05) is 31.2 Å². The molecule has 0 saturated heterocycles. The quantitative estimate of drug-likeness (QED) is 0.846. The molecule has 3 nitrogen and oxygen atoms in total. The minimum absolute atomic E-state index is 0.125. The Morgan fingerprint density at radius 1 is 1.33 bits per heavy atom. The first-order valence-electron chi connectivity index (χ1n) is 7.16. The topological polar surface area (TPSA) is 24.5 Å². The van der Waals surface area contributed by atoms with Crippen LogP contribution in [0.2, 0.25) is 0 Å². The first kappa shape index (κ1) is 16.1. The SMILES string of the molecule is CC1CN(CCCOCC(F)(F)F)c2ccccc2CN1. The fourth-order valence-electron chi connectivity index (χ4n) is 2.50. The lowest BCUT2D eigenvalue weighted by Crippen LogP contribution is -2.36. The van der Waals surface area contributed by atoms with Crippen LogP contribution in [0.3, 0.4) is 0 Å². The van der Waals surface area contributed by atoms with Crippen LogP contribution in [-0.2, 0) is 11.3 Å². The molecular weight excluding hydrogens is 281 g/mol. The molecule has 0 spiro atoms. The fourth-order valence-corrected chi connectivity index (χ4v) is 2.50. The Labute approximate surface area is 123 Å². The van der Waals surface area contributed by atoms with E-state index in [9.17, 15) is 13.2 Å². The summed E-state index contributed by atoms with van der Waals surface area (Å²) in [5.41, 5.74) is 2.38. The van der Waals surface area contributed by atoms with E-state index in [2.05, 4.69) is 34.0 Å². The lowest BCUT2D eigenvalue weighted by atomic mass is 10.1. The van der Waals surface area contributed by atoms with Gasteiger partial charge in [0.2, 0.25) is 0 Å². The highest BCUT2D eigenvalue weighted by atomic mass is 19.4. The second-order valence-corrected chi connectivity index (χ2v) is 5.38. The lowest BCUT2D eigenvalue weighted by Gasteiger charge is -2.26. The number of benzene rings is 1. The number of alkyl halides is 3. The summed E-state index contributed by atoms with van der Waals surface area (Å²) in [6.45, 7) is 3.43. The molecule has 0 radical (unpaired) electrons. The normalized spacial score (nSPS) is 19.2. The van der Waals surface area contributed by atoms with E-state index in [0.717, 1.165) is 18.8 Å². The van der Waals surface area contributed by atoms with Crippen molar-refractivity contribution < 1.29 is 17.9 Å². The lowest BCUT2D eigenvalue weighted by molar-refractivity contribution is -0.173. The summed E-state index contributed by atoms with van der Waals surface area (Å²) >= 11 is 0. The number of anilines is 1. The van der Waals surface area contributed by atoms with Crippen LogP contribution in [0.1, 0.15) is 18.9 Å². The number of ether oxygens (including phenoxy) is 1. The molecule has 1 aromatic rings. The van der Waals surface area contributed by atoms with E-state index in [1.54, 1.807) is 0 Å². The highest BCUT2D eigenvalue weighted by Gasteiger charge is 2.27. The number of halogens is 3. The predicted molar refractivity (Wildman–Crippen MR) is 76.4 cm³/mol. The summed E-state index contributed by atoms with van der Waals surface area (Å²) in [4.78, 5) is 2.22. The molecule has 1 N–H and O–H groups in total. The fraction of sp³-hybridized carbons (Fsp3) is 0.600. The van der Waals surface area contributed by atoms with Gasteiger partial charge in [-0.2, -0.15) is 13.2 Å². The molecule has 0 aliphatic carbocycles. The molecule has 1 aliphatic rings. The Balaban J connectivity index is 1.86. The molecule has 1 aliphatic heterocycles. The van der Waals surface area contributed by atoms with E-state index < -0.39 is 12.8 Å². The van der Waals surface area contributed by atoms with Gasteiger partial charge in [0.1, 0.15) is 6.61 Å². The maximum atomic E-state index is 12.0. The van der Waals surface area contributed by atoms with Crippen molar-refractivity contribution in [2.45, 2.75) is 32.1 Å². The second kappa shape index (κ2) is 7.13. The van der Waals surface area contributed by atoms with Crippen molar-refractivity contribution in [3.63, 3.8) is 0 Å². The highest BCUT2D eigenvalue weighted by molar-refractivity contribution is 5.54. The third-order valence-corrected chi connectivity index (χ3v) is 3.45. The standard InChI is InChI=1S/C15H21F3N2O/c1-12-10-20(7-4-8-21-11-15(16,17)18)14-6-3-2-5-13(14)9-19-12/h2-3,5-6,12,19H,4,7-11H2,1H3. The van der Waals surface area contributed by atoms with Crippen molar-refractivity contribution in [3.05, 3.63) is 29.8 Å². The number of rotatable bonds is 5. The van der Waals surface area contributed by atoms with E-state index in [1.165, 1.54) is 5.56 Å². The van der Waals surface area contributed by atoms with Crippen molar-refractivity contribution >= 4 is 5.69 Å². The van der Waals surface area contributed by atoms with Gasteiger partial charge in [0.05, 0.1) is 0 Å². The maximum Gasteiger partial charge on any atom is 0.411 e. The van der Waals surface area contributed by atoms with Crippen LogP contribution in [-0.4, -0.2) is 38.5 Å². The van der Waals surface area contributed by atoms with Crippen LogP contribution >= 0.6 is 0 Å². The number of nitrogens with zero attached hydrogens (tertiary/aromatic N) is 1. The summed E-state index contributed by atoms with van der Waals surface area (Å²) in [7, 11) is 0. The Kier molecular flexibility index (Phi) is 5.47. The predicted octanol–water partition coefficient (Wildman–Crippen LogP) is 2.95. The zero-order chi connectivity index (χ0) is 15.3. The van der Waals surface area contributed by atoms with Crippen molar-refractivity contribution in [1.29, 1.82) is 0 Å². The van der Waals surface area contributed by atoms with E-state index in [0.29, 0.717) is 19.0 Å². The average molecular weight is 302 g/mol. The van der Waals surface area contributed by atoms with Gasteiger partial charge < -0.3 is 15.0 Å². The molecule has 2 rings (SSSR count). The van der Waals surface area contributed by atoms with Gasteiger partial charge in [-0.3, -0.25) is 0 Å². The molecular formula is C15H21F3N2O. The van der Waals surface area contributed by atoms with Gasteiger partial charge in [0, 0.05) is 38.0 Å². The molecule has 0 fully saturated rings. The molecule has 1 unspecified atom stereocenters. The number of hydrogen-bond donors (Lipinski definition) is 1. The van der Waals surface area contributed by atoms with E-state index >= 15 is 0 Å². The van der Waals surface area contributed by atoms with E-state index in [1.807, 2.05) is 12.1 Å². The van der Waals surface area contributed by atoms with E-state index in [-0.39, 0.29) is 6.61 Å². The molecule has 0 bridgehead atoms. The van der Waals surface area contributed by atoms with Crippen LogP contribution in [0.15, 0.2) is 24.3 Å². The van der Waals surface area contributed by atoms with Gasteiger partial charge in [-0.1, -0.05) is 18.2 Å². The third kappa shape index (κ3) is 5.21. The molecule has 21 heavy (non-hydrogen) atoms. The van der Waals surface area contributed by atoms with Gasteiger partial charge in [-0.15, -0.1) is 0 Å². The molecule has 1 atom stereocenters. The van der Waals surface area contributed by atoms with Gasteiger partial charge >= 0.3 is 6.18 Å². The summed E-state index contributed by atoms with van der Waals surface area (Å²) in [5, 5.41) is 3.43. The monoisotopic (exact) mass is 302 g/mol. The van der Waals surface area contributed by atoms with Gasteiger partial charge in [0.15, 0.2) is 0 Å². The van der Waals surface area contributed by atoms with Crippen LogP contribution in [0.4, 0.5) is 18.9 Å². The molecule has 1 heterocycles. The maximum absolute atomic E-state index is 12.0. The number of nitrogens with one attached hydrogen (secondary N) is 1. The van der Waals surface area contributed by atoms with Gasteiger partial charge in [0.25, 0.3) is 0 Å². The Bertz CT molecular complexity index is 451. The Morgan fingerprint density at radius 2 is 2.10 bits per heavy atom. The summed E-state index contributed by atoms with van der Waals surface area (Å²) in [5.74, 6) is 0. The first-order valence-corrected chi connectivity index (χ1v) is 7.16. The van der Waals surface area contributed by atoms with Crippen molar-refractivity contribution in [3.8, 4) is 0 Å². The van der Waals surface area contributed by atoms with Crippen LogP contribution in [0.25, 0.3) is 0 Å². The smallest absolute Gasteiger partial charge is 0.372 e. The highest BCUT2D eigenvalue weighted by Crippen LogP contribution is 2.23. The molecule has 0 aromatic heterocycles. The van der Waals surface area contributed by atoms with Gasteiger partial charge in [-0.25, -0.2) is 0 Å². The van der Waals surface area contributed by atoms with Crippen LogP contribution in [0, 0.1) is 0 Å². The zero-order valence-electron chi connectivity index (χ0n) is 12.1. The van der Waals surface area contributed by atoms with Gasteiger partial charge in [-0.05, 0) is 25.0 Å². The van der Waals surface area contributed by atoms with Crippen LogP contribution in [0.5, 0.6) is 0 Å². The number of fused-ring (bicyclic) bond motifs is 1. The van der Waals surface area contributed by atoms with E-state index in [4.69, 9.17) is 0 Å². The molecule has 0 amide bonds. The Morgan fingerprint density at radius 3 is 2.86 bits per heavy atom. The minimum atomic E-state index is -4.24. The molecule has 1 aromatic carbocycles. The minimum Gasteiger partial charge on any atom is -0.372 e.